The number of nitrogens with one attached hydrogen (secondary N) is 2. The molecule has 0 aliphatic rings. The van der Waals surface area contributed by atoms with Crippen molar-refractivity contribution in [2.75, 3.05) is 19.0 Å². The number of thiocarbonyl (C=S) groups is 1. The molecule has 2 N–H and O–H groups in total. The van der Waals surface area contributed by atoms with Crippen LogP contribution >= 0.6 is 23.6 Å². The van der Waals surface area contributed by atoms with E-state index in [0.29, 0.717) is 17.7 Å². The summed E-state index contributed by atoms with van der Waals surface area (Å²) in [7, 11) is 1.66. The summed E-state index contributed by atoms with van der Waals surface area (Å²) >= 11 is 6.85. The zero-order valence-electron chi connectivity index (χ0n) is 11.3. The van der Waals surface area contributed by atoms with Crippen LogP contribution in [0.4, 0.5) is 5.95 Å². The Morgan fingerprint density at radius 1 is 1.50 bits per heavy atom. The van der Waals surface area contributed by atoms with E-state index in [1.165, 1.54) is 0 Å². The quantitative estimate of drug-likeness (QED) is 0.828. The Balaban J connectivity index is 1.99. The third-order valence-corrected chi connectivity index (χ3v) is 3.56. The van der Waals surface area contributed by atoms with E-state index >= 15 is 0 Å². The molecule has 0 amide bonds. The minimum Gasteiger partial charge on any atom is -0.383 e. The first-order chi connectivity index (χ1) is 9.69. The lowest BCUT2D eigenvalue weighted by Gasteiger charge is -2.15. The summed E-state index contributed by atoms with van der Waals surface area (Å²) in [6.45, 7) is 2.57. The first-order valence-corrected chi connectivity index (χ1v) is 7.41. The van der Waals surface area contributed by atoms with E-state index in [4.69, 9.17) is 17.0 Å². The summed E-state index contributed by atoms with van der Waals surface area (Å²) in [6.07, 6.45) is 1.71. The van der Waals surface area contributed by atoms with Crippen LogP contribution in [0.2, 0.25) is 0 Å². The van der Waals surface area contributed by atoms with Crippen LogP contribution in [0.15, 0.2) is 29.8 Å². The second kappa shape index (κ2) is 7.28. The van der Waals surface area contributed by atoms with Crippen molar-refractivity contribution in [1.29, 1.82) is 0 Å². The molecule has 0 aromatic carbocycles. The third kappa shape index (κ3) is 4.22. The van der Waals surface area contributed by atoms with Crippen LogP contribution < -0.4 is 10.6 Å². The maximum atomic E-state index is 5.21. The van der Waals surface area contributed by atoms with Gasteiger partial charge >= 0.3 is 0 Å². The second-order valence-corrected chi connectivity index (χ2v) is 5.55. The van der Waals surface area contributed by atoms with Crippen molar-refractivity contribution < 1.29 is 4.74 Å². The monoisotopic (exact) mass is 308 g/mol. The van der Waals surface area contributed by atoms with E-state index in [1.807, 2.05) is 30.5 Å². The number of methoxy groups -OCH3 is 1. The fraction of sp³-hybridized carbons (Fsp3) is 0.308. The van der Waals surface area contributed by atoms with Gasteiger partial charge in [0.1, 0.15) is 0 Å². The molecule has 20 heavy (non-hydrogen) atoms. The SMILES string of the molecule is COC[C@@H](C)NC(=S)Nc1nccc(-c2cccs2)n1. The highest BCUT2D eigenvalue weighted by molar-refractivity contribution is 7.80. The predicted molar refractivity (Wildman–Crippen MR) is 86.0 cm³/mol. The number of hydrogen-bond acceptors (Lipinski definition) is 5. The summed E-state index contributed by atoms with van der Waals surface area (Å²) in [5, 5.41) is 8.58. The molecule has 0 saturated carbocycles. The van der Waals surface area contributed by atoms with E-state index in [2.05, 4.69) is 20.6 Å². The van der Waals surface area contributed by atoms with Gasteiger partial charge in [0.25, 0.3) is 0 Å². The third-order valence-electron chi connectivity index (χ3n) is 2.45. The molecule has 0 radical (unpaired) electrons. The molecule has 2 aromatic rings. The van der Waals surface area contributed by atoms with Gasteiger partial charge in [0.05, 0.1) is 17.2 Å². The second-order valence-electron chi connectivity index (χ2n) is 4.20. The molecule has 106 valence electrons. The van der Waals surface area contributed by atoms with Crippen molar-refractivity contribution >= 4 is 34.6 Å². The fourth-order valence-corrected chi connectivity index (χ4v) is 2.62. The van der Waals surface area contributed by atoms with E-state index in [0.717, 1.165) is 10.6 Å². The number of ether oxygens (including phenoxy) is 1. The number of rotatable bonds is 5. The number of hydrogen-bond donors (Lipinski definition) is 2. The van der Waals surface area contributed by atoms with E-state index in [1.54, 1.807) is 24.6 Å². The van der Waals surface area contributed by atoms with Gasteiger partial charge in [-0.15, -0.1) is 11.3 Å². The fourth-order valence-electron chi connectivity index (χ4n) is 1.63. The Labute approximate surface area is 127 Å². The number of anilines is 1. The van der Waals surface area contributed by atoms with E-state index in [-0.39, 0.29) is 6.04 Å². The minimum absolute atomic E-state index is 0.125. The summed E-state index contributed by atoms with van der Waals surface area (Å²) in [6, 6.07) is 6.02. The van der Waals surface area contributed by atoms with Gasteiger partial charge in [-0.2, -0.15) is 0 Å². The number of nitrogens with zero attached hydrogens (tertiary/aromatic N) is 2. The van der Waals surface area contributed by atoms with Crippen LogP contribution in [-0.4, -0.2) is 34.8 Å². The van der Waals surface area contributed by atoms with Gasteiger partial charge in [0.15, 0.2) is 5.11 Å². The van der Waals surface area contributed by atoms with Crippen molar-refractivity contribution in [3.8, 4) is 10.6 Å². The molecular weight excluding hydrogens is 292 g/mol. The van der Waals surface area contributed by atoms with Crippen LogP contribution in [0, 0.1) is 0 Å². The number of thiophene rings is 1. The van der Waals surface area contributed by atoms with Crippen LogP contribution in [0.25, 0.3) is 10.6 Å². The van der Waals surface area contributed by atoms with Crippen molar-refractivity contribution in [3.05, 3.63) is 29.8 Å². The lowest BCUT2D eigenvalue weighted by atomic mass is 10.3. The summed E-state index contributed by atoms with van der Waals surface area (Å²) in [4.78, 5) is 9.70. The molecule has 0 spiro atoms. The van der Waals surface area contributed by atoms with Gasteiger partial charge in [-0.3, -0.25) is 0 Å². The standard InChI is InChI=1S/C13H16N4OS2/c1-9(8-18-2)15-13(19)17-12-14-6-5-10(16-12)11-4-3-7-20-11/h3-7,9H,8H2,1-2H3,(H2,14,15,16,17,19)/t9-/m1/s1. The maximum Gasteiger partial charge on any atom is 0.229 e. The van der Waals surface area contributed by atoms with Crippen molar-refractivity contribution in [2.45, 2.75) is 13.0 Å². The van der Waals surface area contributed by atoms with Crippen molar-refractivity contribution in [3.63, 3.8) is 0 Å². The highest BCUT2D eigenvalue weighted by Gasteiger charge is 2.07. The normalized spacial score (nSPS) is 11.9. The van der Waals surface area contributed by atoms with E-state index < -0.39 is 0 Å². The molecule has 0 fully saturated rings. The van der Waals surface area contributed by atoms with Crippen LogP contribution in [0.1, 0.15) is 6.92 Å². The average Bonchev–Trinajstić information content (AvgIpc) is 2.92. The summed E-state index contributed by atoms with van der Waals surface area (Å²) in [5.41, 5.74) is 0.880. The average molecular weight is 308 g/mol. The smallest absolute Gasteiger partial charge is 0.229 e. The van der Waals surface area contributed by atoms with Gasteiger partial charge in [0.2, 0.25) is 5.95 Å². The van der Waals surface area contributed by atoms with Crippen LogP contribution in [0.5, 0.6) is 0 Å². The molecule has 0 aliphatic heterocycles. The molecular formula is C13H16N4OS2. The Kier molecular flexibility index (Phi) is 5.40. The zero-order valence-corrected chi connectivity index (χ0v) is 12.9. The van der Waals surface area contributed by atoms with E-state index in [9.17, 15) is 0 Å². The lowest BCUT2D eigenvalue weighted by Crippen LogP contribution is -2.38. The Morgan fingerprint density at radius 2 is 2.35 bits per heavy atom. The van der Waals surface area contributed by atoms with Crippen molar-refractivity contribution in [1.82, 2.24) is 15.3 Å². The highest BCUT2D eigenvalue weighted by atomic mass is 32.1. The molecule has 0 aliphatic carbocycles. The van der Waals surface area contributed by atoms with Gasteiger partial charge in [-0.25, -0.2) is 9.97 Å². The maximum absolute atomic E-state index is 5.21. The first-order valence-electron chi connectivity index (χ1n) is 6.12. The Bertz CT molecular complexity index is 559. The molecule has 0 bridgehead atoms. The molecule has 2 heterocycles. The number of aromatic nitrogens is 2. The zero-order chi connectivity index (χ0) is 14.4. The minimum atomic E-state index is 0.125. The molecule has 1 atom stereocenters. The molecule has 2 aromatic heterocycles. The molecule has 2 rings (SSSR count). The van der Waals surface area contributed by atoms with Gasteiger partial charge < -0.3 is 15.4 Å². The topological polar surface area (TPSA) is 59.1 Å². The Morgan fingerprint density at radius 3 is 3.05 bits per heavy atom. The van der Waals surface area contributed by atoms with Crippen LogP contribution in [0.3, 0.4) is 0 Å². The van der Waals surface area contributed by atoms with Gasteiger partial charge in [0, 0.05) is 19.3 Å². The summed E-state index contributed by atoms with van der Waals surface area (Å²) in [5.74, 6) is 0.484. The first kappa shape index (κ1) is 14.8. The highest BCUT2D eigenvalue weighted by Crippen LogP contribution is 2.22. The van der Waals surface area contributed by atoms with Gasteiger partial charge in [-0.05, 0) is 36.7 Å². The molecule has 7 heteroatoms. The Hall–Kier alpha value is -1.57. The largest absolute Gasteiger partial charge is 0.383 e. The lowest BCUT2D eigenvalue weighted by molar-refractivity contribution is 0.179. The molecule has 0 saturated heterocycles. The van der Waals surface area contributed by atoms with Crippen LogP contribution in [-0.2, 0) is 4.74 Å². The predicted octanol–water partition coefficient (Wildman–Crippen LogP) is 2.53. The summed E-state index contributed by atoms with van der Waals surface area (Å²) < 4.78 is 5.04. The van der Waals surface area contributed by atoms with Crippen molar-refractivity contribution in [2.24, 2.45) is 0 Å². The molecule has 0 unspecified atom stereocenters. The van der Waals surface area contributed by atoms with Gasteiger partial charge in [-0.1, -0.05) is 6.07 Å². The molecule has 5 nitrogen and oxygen atoms in total.